The number of carbonyl (C=O) groups excluding carboxylic acids is 1. The van der Waals surface area contributed by atoms with E-state index >= 15 is 0 Å². The molecular formula is C10H17NO4S. The Labute approximate surface area is 98.8 Å². The molecule has 1 heterocycles. The molecule has 0 aromatic heterocycles. The topological polar surface area (TPSA) is 77.8 Å². The number of aliphatic hydroxyl groups excluding tert-OH is 1. The van der Waals surface area contributed by atoms with Crippen LogP contribution in [0, 0.1) is 5.92 Å². The van der Waals surface area contributed by atoms with E-state index in [0.717, 1.165) is 31.1 Å². The lowest BCUT2D eigenvalue weighted by molar-refractivity contribution is -0.133. The molecule has 6 heteroatoms. The van der Waals surface area contributed by atoms with Crippen molar-refractivity contribution in [2.24, 2.45) is 5.92 Å². The third-order valence-corrected chi connectivity index (χ3v) is 3.53. The van der Waals surface area contributed by atoms with Gasteiger partial charge in [-0.05, 0) is 18.8 Å². The van der Waals surface area contributed by atoms with Crippen molar-refractivity contribution in [3.63, 3.8) is 0 Å². The van der Waals surface area contributed by atoms with E-state index in [1.807, 2.05) is 0 Å². The molecule has 5 nitrogen and oxygen atoms in total. The van der Waals surface area contributed by atoms with Gasteiger partial charge in [-0.15, -0.1) is 11.8 Å². The molecule has 92 valence electrons. The first-order valence-electron chi connectivity index (χ1n) is 5.31. The lowest BCUT2D eigenvalue weighted by Crippen LogP contribution is -2.30. The van der Waals surface area contributed by atoms with Crippen molar-refractivity contribution in [2.45, 2.75) is 12.8 Å². The molecule has 0 aliphatic carbocycles. The van der Waals surface area contributed by atoms with Crippen molar-refractivity contribution in [1.82, 2.24) is 4.90 Å². The second-order valence-electron chi connectivity index (χ2n) is 3.89. The quantitative estimate of drug-likeness (QED) is 0.692. The zero-order valence-corrected chi connectivity index (χ0v) is 9.91. The Morgan fingerprint density at radius 3 is 2.75 bits per heavy atom. The molecule has 1 aliphatic heterocycles. The summed E-state index contributed by atoms with van der Waals surface area (Å²) in [7, 11) is 0. The fraction of sp³-hybridized carbons (Fsp3) is 0.800. The number of aliphatic hydroxyl groups is 1. The number of nitrogens with zero attached hydrogens (tertiary/aromatic N) is 1. The number of carboxylic acids is 1. The minimum Gasteiger partial charge on any atom is -0.481 e. The minimum atomic E-state index is -0.891. The number of carboxylic acid groups (broad SMARTS) is 1. The Morgan fingerprint density at radius 1 is 1.38 bits per heavy atom. The van der Waals surface area contributed by atoms with Crippen LogP contribution in [0.3, 0.4) is 0 Å². The Kier molecular flexibility index (Phi) is 5.62. The zero-order chi connectivity index (χ0) is 12.0. The normalized spacial score (nSPS) is 20.1. The van der Waals surface area contributed by atoms with E-state index in [2.05, 4.69) is 0 Å². The predicted octanol–water partition coefficient (Wildman–Crippen LogP) is 0.0351. The fourth-order valence-electron chi connectivity index (χ4n) is 1.79. The summed E-state index contributed by atoms with van der Waals surface area (Å²) in [5.41, 5.74) is 0. The molecule has 0 radical (unpaired) electrons. The monoisotopic (exact) mass is 247 g/mol. The van der Waals surface area contributed by atoms with Gasteiger partial charge in [0, 0.05) is 19.7 Å². The molecule has 0 bridgehead atoms. The number of likely N-dealkylation sites (tertiary alicyclic amines) is 1. The summed E-state index contributed by atoms with van der Waals surface area (Å²) in [6.45, 7) is 1.60. The van der Waals surface area contributed by atoms with Crippen LogP contribution in [-0.2, 0) is 9.59 Å². The van der Waals surface area contributed by atoms with Crippen molar-refractivity contribution < 1.29 is 19.8 Å². The summed E-state index contributed by atoms with van der Waals surface area (Å²) in [6.07, 6.45) is 1.68. The molecule has 0 spiro atoms. The van der Waals surface area contributed by atoms with Crippen molar-refractivity contribution in [3.05, 3.63) is 0 Å². The fourth-order valence-corrected chi connectivity index (χ4v) is 2.43. The number of carbonyl (C=O) groups is 2. The summed E-state index contributed by atoms with van der Waals surface area (Å²) in [4.78, 5) is 23.7. The Balaban J connectivity index is 2.20. The number of hydrogen-bond donors (Lipinski definition) is 2. The van der Waals surface area contributed by atoms with Gasteiger partial charge in [0.2, 0.25) is 5.91 Å². The largest absolute Gasteiger partial charge is 0.481 e. The maximum absolute atomic E-state index is 11.6. The number of hydrogen-bond acceptors (Lipinski definition) is 4. The van der Waals surface area contributed by atoms with E-state index in [1.54, 1.807) is 4.90 Å². The van der Waals surface area contributed by atoms with Crippen molar-refractivity contribution in [2.75, 3.05) is 31.2 Å². The van der Waals surface area contributed by atoms with Gasteiger partial charge >= 0.3 is 5.97 Å². The highest BCUT2D eigenvalue weighted by atomic mass is 32.2. The summed E-state index contributed by atoms with van der Waals surface area (Å²) in [5, 5.41) is 17.2. The third kappa shape index (κ3) is 4.40. The highest BCUT2D eigenvalue weighted by Gasteiger charge is 2.25. The average Bonchev–Trinajstić information content (AvgIpc) is 2.66. The van der Waals surface area contributed by atoms with E-state index in [4.69, 9.17) is 10.2 Å². The number of aliphatic carboxylic acids is 1. The number of amides is 1. The Hall–Kier alpha value is -0.750. The van der Waals surface area contributed by atoms with Crippen LogP contribution in [0.15, 0.2) is 0 Å². The smallest absolute Gasteiger partial charge is 0.313 e. The van der Waals surface area contributed by atoms with Gasteiger partial charge in [-0.3, -0.25) is 9.59 Å². The van der Waals surface area contributed by atoms with Crippen molar-refractivity contribution >= 4 is 23.6 Å². The van der Waals surface area contributed by atoms with Gasteiger partial charge in [-0.1, -0.05) is 0 Å². The summed E-state index contributed by atoms with van der Waals surface area (Å²) in [5.74, 6) is -0.278. The van der Waals surface area contributed by atoms with Crippen molar-refractivity contribution in [1.29, 1.82) is 0 Å². The molecule has 0 saturated carbocycles. The van der Waals surface area contributed by atoms with Gasteiger partial charge in [0.15, 0.2) is 0 Å². The molecule has 0 aromatic rings. The van der Waals surface area contributed by atoms with Crippen LogP contribution in [0.2, 0.25) is 0 Å². The molecule has 1 atom stereocenters. The third-order valence-electron chi connectivity index (χ3n) is 2.63. The van der Waals surface area contributed by atoms with Gasteiger partial charge in [0.05, 0.1) is 11.5 Å². The second kappa shape index (κ2) is 6.75. The summed E-state index contributed by atoms with van der Waals surface area (Å²) in [6, 6.07) is 0. The second-order valence-corrected chi connectivity index (χ2v) is 4.88. The molecule has 1 fully saturated rings. The molecule has 1 saturated heterocycles. The van der Waals surface area contributed by atoms with Crippen LogP contribution in [0.4, 0.5) is 0 Å². The van der Waals surface area contributed by atoms with Gasteiger partial charge in [-0.2, -0.15) is 0 Å². The maximum Gasteiger partial charge on any atom is 0.313 e. The number of rotatable bonds is 6. The Bertz CT molecular complexity index is 259. The standard InChI is InChI=1S/C10H17NO4S/c12-4-2-8-1-3-11(5-8)9(13)6-16-7-10(14)15/h8,12H,1-7H2,(H,14,15). The van der Waals surface area contributed by atoms with Gasteiger partial charge in [0.25, 0.3) is 0 Å². The Morgan fingerprint density at radius 2 is 2.12 bits per heavy atom. The predicted molar refractivity (Wildman–Crippen MR) is 61.4 cm³/mol. The van der Waals surface area contributed by atoms with Gasteiger partial charge in [0.1, 0.15) is 0 Å². The van der Waals surface area contributed by atoms with E-state index in [9.17, 15) is 9.59 Å². The number of thioether (sulfide) groups is 1. The molecule has 1 unspecified atom stereocenters. The van der Waals surface area contributed by atoms with Crippen molar-refractivity contribution in [3.8, 4) is 0 Å². The highest BCUT2D eigenvalue weighted by molar-refractivity contribution is 8.00. The van der Waals surface area contributed by atoms with Crippen LogP contribution >= 0.6 is 11.8 Å². The van der Waals surface area contributed by atoms with Crippen LogP contribution in [0.5, 0.6) is 0 Å². The summed E-state index contributed by atoms with van der Waals surface area (Å²) >= 11 is 1.13. The first-order valence-corrected chi connectivity index (χ1v) is 6.47. The van der Waals surface area contributed by atoms with E-state index in [-0.39, 0.29) is 24.0 Å². The van der Waals surface area contributed by atoms with E-state index in [1.165, 1.54) is 0 Å². The minimum absolute atomic E-state index is 0.00619. The average molecular weight is 247 g/mol. The van der Waals surface area contributed by atoms with E-state index < -0.39 is 5.97 Å². The molecule has 1 rings (SSSR count). The molecule has 1 aliphatic rings. The van der Waals surface area contributed by atoms with Crippen LogP contribution in [-0.4, -0.2) is 58.2 Å². The highest BCUT2D eigenvalue weighted by Crippen LogP contribution is 2.19. The maximum atomic E-state index is 11.6. The van der Waals surface area contributed by atoms with Crippen LogP contribution in [0.1, 0.15) is 12.8 Å². The molecule has 16 heavy (non-hydrogen) atoms. The van der Waals surface area contributed by atoms with Crippen LogP contribution in [0.25, 0.3) is 0 Å². The van der Waals surface area contributed by atoms with Gasteiger partial charge in [-0.25, -0.2) is 0 Å². The summed E-state index contributed by atoms with van der Waals surface area (Å²) < 4.78 is 0. The van der Waals surface area contributed by atoms with E-state index in [0.29, 0.717) is 12.5 Å². The molecule has 0 aromatic carbocycles. The lowest BCUT2D eigenvalue weighted by atomic mass is 10.1. The molecule has 1 amide bonds. The first-order chi connectivity index (χ1) is 7.63. The van der Waals surface area contributed by atoms with Gasteiger partial charge < -0.3 is 15.1 Å². The van der Waals surface area contributed by atoms with Crippen LogP contribution < -0.4 is 0 Å². The first kappa shape index (κ1) is 13.3. The SMILES string of the molecule is O=C(O)CSCC(=O)N1CCC(CCO)C1. The molecule has 2 N–H and O–H groups in total. The lowest BCUT2D eigenvalue weighted by Gasteiger charge is -2.15. The molecular weight excluding hydrogens is 230 g/mol. The zero-order valence-electron chi connectivity index (χ0n) is 9.09.